The van der Waals surface area contributed by atoms with E-state index in [1.54, 1.807) is 6.08 Å². The topological polar surface area (TPSA) is 37.3 Å². The Morgan fingerprint density at radius 3 is 2.20 bits per heavy atom. The number of allylic oxidation sites excluding steroid dienone is 1. The van der Waals surface area contributed by atoms with Crippen molar-refractivity contribution < 1.29 is 9.90 Å². The molecular weight excluding hydrogens is 188 g/mol. The zero-order valence-electron chi connectivity index (χ0n) is 9.31. The standard InChI is InChI=1S/C7H8.C6H10O2/c1-7-5-3-2-4-6-7;1-2-3-4-5-6(7)8/h2-6H,1H3;3-4H,2,5H2,1H3,(H,7,8)/b;4-3+. The quantitative estimate of drug-likeness (QED) is 0.769. The molecule has 2 heteroatoms. The van der Waals surface area contributed by atoms with Crippen molar-refractivity contribution in [3.05, 3.63) is 48.0 Å². The molecule has 0 aliphatic heterocycles. The summed E-state index contributed by atoms with van der Waals surface area (Å²) in [5.41, 5.74) is 1.32. The first-order valence-corrected chi connectivity index (χ1v) is 5.05. The maximum absolute atomic E-state index is 9.82. The van der Waals surface area contributed by atoms with Gasteiger partial charge in [-0.05, 0) is 13.3 Å². The van der Waals surface area contributed by atoms with Crippen LogP contribution in [0.5, 0.6) is 0 Å². The van der Waals surface area contributed by atoms with E-state index in [2.05, 4.69) is 19.1 Å². The van der Waals surface area contributed by atoms with Crippen molar-refractivity contribution in [1.29, 1.82) is 0 Å². The minimum atomic E-state index is -0.769. The molecule has 0 bridgehead atoms. The largest absolute Gasteiger partial charge is 0.481 e. The number of aryl methyl sites for hydroxylation is 1. The van der Waals surface area contributed by atoms with Crippen LogP contribution in [0.15, 0.2) is 42.5 Å². The molecule has 0 amide bonds. The fraction of sp³-hybridized carbons (Fsp3) is 0.308. The Morgan fingerprint density at radius 1 is 1.27 bits per heavy atom. The summed E-state index contributed by atoms with van der Waals surface area (Å²) in [7, 11) is 0. The molecule has 0 atom stereocenters. The summed E-state index contributed by atoms with van der Waals surface area (Å²) in [6, 6.07) is 10.3. The minimum absolute atomic E-state index is 0.147. The average molecular weight is 206 g/mol. The van der Waals surface area contributed by atoms with Crippen LogP contribution in [-0.4, -0.2) is 11.1 Å². The van der Waals surface area contributed by atoms with E-state index in [4.69, 9.17) is 5.11 Å². The molecule has 0 radical (unpaired) electrons. The Balaban J connectivity index is 0.000000262. The van der Waals surface area contributed by atoms with Gasteiger partial charge >= 0.3 is 5.97 Å². The molecule has 2 nitrogen and oxygen atoms in total. The summed E-state index contributed by atoms with van der Waals surface area (Å²) in [4.78, 5) is 9.82. The summed E-state index contributed by atoms with van der Waals surface area (Å²) in [6.07, 6.45) is 4.55. The van der Waals surface area contributed by atoms with Crippen molar-refractivity contribution >= 4 is 5.97 Å². The molecule has 0 fully saturated rings. The van der Waals surface area contributed by atoms with Crippen LogP contribution in [0.25, 0.3) is 0 Å². The van der Waals surface area contributed by atoms with Crippen LogP contribution < -0.4 is 0 Å². The van der Waals surface area contributed by atoms with Crippen molar-refractivity contribution in [2.45, 2.75) is 26.7 Å². The van der Waals surface area contributed by atoms with E-state index in [1.807, 2.05) is 31.2 Å². The maximum Gasteiger partial charge on any atom is 0.307 e. The number of hydrogen-bond acceptors (Lipinski definition) is 1. The van der Waals surface area contributed by atoms with Gasteiger partial charge in [-0.15, -0.1) is 0 Å². The SMILES string of the molecule is CC/C=C/CC(=O)O.Cc1ccccc1. The summed E-state index contributed by atoms with van der Waals surface area (Å²) in [5.74, 6) is -0.769. The molecule has 1 rings (SSSR count). The monoisotopic (exact) mass is 206 g/mol. The van der Waals surface area contributed by atoms with E-state index in [9.17, 15) is 4.79 Å². The van der Waals surface area contributed by atoms with E-state index in [-0.39, 0.29) is 6.42 Å². The maximum atomic E-state index is 9.82. The van der Waals surface area contributed by atoms with Crippen molar-refractivity contribution in [1.82, 2.24) is 0 Å². The molecule has 1 aromatic rings. The van der Waals surface area contributed by atoms with Gasteiger partial charge in [-0.1, -0.05) is 55.0 Å². The van der Waals surface area contributed by atoms with Gasteiger partial charge in [0.2, 0.25) is 0 Å². The van der Waals surface area contributed by atoms with Crippen LogP contribution in [0.3, 0.4) is 0 Å². The van der Waals surface area contributed by atoms with Gasteiger partial charge in [0.1, 0.15) is 0 Å². The van der Waals surface area contributed by atoms with Gasteiger partial charge in [-0.25, -0.2) is 0 Å². The average Bonchev–Trinajstić information content (AvgIpc) is 2.20. The van der Waals surface area contributed by atoms with Crippen molar-refractivity contribution in [2.75, 3.05) is 0 Å². The van der Waals surface area contributed by atoms with Gasteiger partial charge in [-0.3, -0.25) is 4.79 Å². The molecule has 0 heterocycles. The van der Waals surface area contributed by atoms with Crippen molar-refractivity contribution in [3.63, 3.8) is 0 Å². The second-order valence-electron chi connectivity index (χ2n) is 3.13. The van der Waals surface area contributed by atoms with Gasteiger partial charge in [0, 0.05) is 0 Å². The zero-order chi connectivity index (χ0) is 11.5. The van der Waals surface area contributed by atoms with Crippen LogP contribution in [0, 0.1) is 6.92 Å². The first-order chi connectivity index (χ1) is 7.16. The Morgan fingerprint density at radius 2 is 1.87 bits per heavy atom. The highest BCUT2D eigenvalue weighted by molar-refractivity contribution is 5.68. The first-order valence-electron chi connectivity index (χ1n) is 5.05. The Kier molecular flexibility index (Phi) is 8.06. The molecule has 0 aliphatic rings. The van der Waals surface area contributed by atoms with E-state index < -0.39 is 5.97 Å². The molecule has 1 N–H and O–H groups in total. The van der Waals surface area contributed by atoms with Crippen LogP contribution in [-0.2, 0) is 4.79 Å². The number of carboxylic acids is 1. The lowest BCUT2D eigenvalue weighted by atomic mass is 10.2. The summed E-state index contributed by atoms with van der Waals surface area (Å²) in [5, 5.41) is 8.09. The second-order valence-corrected chi connectivity index (χ2v) is 3.13. The predicted octanol–water partition coefficient (Wildman–Crippen LogP) is 3.42. The smallest absolute Gasteiger partial charge is 0.307 e. The fourth-order valence-electron chi connectivity index (χ4n) is 0.885. The van der Waals surface area contributed by atoms with Gasteiger partial charge < -0.3 is 5.11 Å². The lowest BCUT2D eigenvalue weighted by Gasteiger charge is -1.82. The highest BCUT2D eigenvalue weighted by atomic mass is 16.4. The Hall–Kier alpha value is -1.57. The molecular formula is C13H18O2. The molecule has 0 saturated heterocycles. The highest BCUT2D eigenvalue weighted by Crippen LogP contribution is 1.92. The predicted molar refractivity (Wildman–Crippen MR) is 62.9 cm³/mol. The van der Waals surface area contributed by atoms with Crippen LogP contribution in [0.2, 0.25) is 0 Å². The normalized spacial score (nSPS) is 9.47. The number of hydrogen-bond donors (Lipinski definition) is 1. The lowest BCUT2D eigenvalue weighted by molar-refractivity contribution is -0.136. The molecule has 1 aromatic carbocycles. The van der Waals surface area contributed by atoms with E-state index in [1.165, 1.54) is 5.56 Å². The van der Waals surface area contributed by atoms with Crippen LogP contribution >= 0.6 is 0 Å². The summed E-state index contributed by atoms with van der Waals surface area (Å²) >= 11 is 0. The fourth-order valence-corrected chi connectivity index (χ4v) is 0.885. The van der Waals surface area contributed by atoms with E-state index >= 15 is 0 Å². The third-order valence-corrected chi connectivity index (χ3v) is 1.64. The lowest BCUT2D eigenvalue weighted by Crippen LogP contribution is -1.89. The summed E-state index contributed by atoms with van der Waals surface area (Å²) < 4.78 is 0. The molecule has 0 spiro atoms. The Labute approximate surface area is 91.3 Å². The molecule has 82 valence electrons. The van der Waals surface area contributed by atoms with Crippen molar-refractivity contribution in [3.8, 4) is 0 Å². The Bertz CT molecular complexity index is 289. The number of carbonyl (C=O) groups is 1. The summed E-state index contributed by atoms with van der Waals surface area (Å²) in [6.45, 7) is 4.05. The van der Waals surface area contributed by atoms with Gasteiger partial charge in [-0.2, -0.15) is 0 Å². The van der Waals surface area contributed by atoms with E-state index in [0.717, 1.165) is 6.42 Å². The molecule has 0 saturated carbocycles. The number of carboxylic acid groups (broad SMARTS) is 1. The number of benzene rings is 1. The third-order valence-electron chi connectivity index (χ3n) is 1.64. The van der Waals surface area contributed by atoms with Gasteiger partial charge in [0.05, 0.1) is 6.42 Å². The zero-order valence-corrected chi connectivity index (χ0v) is 9.31. The second kappa shape index (κ2) is 9.00. The van der Waals surface area contributed by atoms with Gasteiger partial charge in [0.15, 0.2) is 0 Å². The number of aliphatic carboxylic acids is 1. The minimum Gasteiger partial charge on any atom is -0.481 e. The van der Waals surface area contributed by atoms with E-state index in [0.29, 0.717) is 0 Å². The molecule has 0 unspecified atom stereocenters. The first kappa shape index (κ1) is 13.4. The number of rotatable bonds is 3. The van der Waals surface area contributed by atoms with Crippen LogP contribution in [0.4, 0.5) is 0 Å². The van der Waals surface area contributed by atoms with Crippen molar-refractivity contribution in [2.24, 2.45) is 0 Å². The highest BCUT2D eigenvalue weighted by Gasteiger charge is 1.86. The van der Waals surface area contributed by atoms with Gasteiger partial charge in [0.25, 0.3) is 0 Å². The molecule has 0 aliphatic carbocycles. The van der Waals surface area contributed by atoms with Crippen LogP contribution in [0.1, 0.15) is 25.3 Å². The molecule has 0 aromatic heterocycles. The molecule has 15 heavy (non-hydrogen) atoms. The third kappa shape index (κ3) is 10.4.